The molecule has 2 atom stereocenters. The van der Waals surface area contributed by atoms with Gasteiger partial charge in [-0.2, -0.15) is 0 Å². The van der Waals surface area contributed by atoms with Crippen molar-refractivity contribution in [2.75, 3.05) is 25.5 Å². The molecule has 2 N–H and O–H groups in total. The topological polar surface area (TPSA) is 117 Å². The number of anilines is 1. The summed E-state index contributed by atoms with van der Waals surface area (Å²) in [6.07, 6.45) is 0.648. The summed E-state index contributed by atoms with van der Waals surface area (Å²) in [5.74, 6) is -0.119. The number of amides is 2. The number of nitrogens with one attached hydrogen (secondary N) is 2. The maximum Gasteiger partial charge on any atom is 0.263 e. The number of carbonyl (C=O) groups excluding carboxylic acids is 2. The molecule has 0 bridgehead atoms. The summed E-state index contributed by atoms with van der Waals surface area (Å²) in [5, 5.41) is 2.78. The Kier molecular flexibility index (Phi) is 7.93. The standard InChI is InChI=1S/C24H30N4O5S/c1-5-16(3)22(26-23-19-12-7-8-13-20(19)34(31,32)27-23)24(30)28(6-2)15-21(29)25-17-10-9-11-18(14-17)33-4/h7-14,16,22H,5-6,15H2,1-4H3,(H,25,29)(H,26,27)/t16-,22-/m0/s1. The molecule has 10 heteroatoms. The first-order valence-corrected chi connectivity index (χ1v) is 12.6. The number of carbonyl (C=O) groups is 2. The number of likely N-dealkylation sites (N-methyl/N-ethyl adjacent to an activating group) is 1. The van der Waals surface area contributed by atoms with Crippen LogP contribution in [0.4, 0.5) is 5.69 Å². The molecule has 34 heavy (non-hydrogen) atoms. The fourth-order valence-corrected chi connectivity index (χ4v) is 4.86. The van der Waals surface area contributed by atoms with Crippen LogP contribution in [-0.2, 0) is 19.6 Å². The van der Waals surface area contributed by atoms with E-state index in [0.717, 1.165) is 0 Å². The number of rotatable bonds is 9. The van der Waals surface area contributed by atoms with E-state index in [1.165, 1.54) is 18.1 Å². The van der Waals surface area contributed by atoms with Gasteiger partial charge in [0.1, 0.15) is 17.6 Å². The van der Waals surface area contributed by atoms with Crippen LogP contribution in [-0.4, -0.2) is 57.2 Å². The van der Waals surface area contributed by atoms with Gasteiger partial charge in [-0.25, -0.2) is 8.42 Å². The number of fused-ring (bicyclic) bond motifs is 1. The van der Waals surface area contributed by atoms with Crippen LogP contribution in [0.2, 0.25) is 0 Å². The lowest BCUT2D eigenvalue weighted by Gasteiger charge is -2.27. The fraction of sp³-hybridized carbons (Fsp3) is 0.375. The van der Waals surface area contributed by atoms with Crippen molar-refractivity contribution < 1.29 is 22.7 Å². The summed E-state index contributed by atoms with van der Waals surface area (Å²) >= 11 is 0. The Bertz CT molecular complexity index is 1200. The predicted molar refractivity (Wildman–Crippen MR) is 130 cm³/mol. The number of amidine groups is 1. The maximum atomic E-state index is 13.5. The van der Waals surface area contributed by atoms with Gasteiger partial charge in [-0.3, -0.25) is 19.3 Å². The highest BCUT2D eigenvalue weighted by Crippen LogP contribution is 2.24. The van der Waals surface area contributed by atoms with Crippen molar-refractivity contribution in [3.63, 3.8) is 0 Å². The zero-order chi connectivity index (χ0) is 24.9. The van der Waals surface area contributed by atoms with Crippen LogP contribution in [0.25, 0.3) is 0 Å². The summed E-state index contributed by atoms with van der Waals surface area (Å²) in [7, 11) is -2.18. The second-order valence-corrected chi connectivity index (χ2v) is 9.69. The molecule has 1 aliphatic rings. The summed E-state index contributed by atoms with van der Waals surface area (Å²) < 4.78 is 32.6. The van der Waals surface area contributed by atoms with Gasteiger partial charge in [0, 0.05) is 23.9 Å². The minimum Gasteiger partial charge on any atom is -0.497 e. The molecule has 9 nitrogen and oxygen atoms in total. The molecule has 2 amide bonds. The van der Waals surface area contributed by atoms with Crippen molar-refractivity contribution in [1.29, 1.82) is 0 Å². The Morgan fingerprint density at radius 2 is 1.88 bits per heavy atom. The number of hydrogen-bond acceptors (Lipinski definition) is 6. The van der Waals surface area contributed by atoms with Crippen molar-refractivity contribution in [2.24, 2.45) is 10.9 Å². The smallest absolute Gasteiger partial charge is 0.263 e. The van der Waals surface area contributed by atoms with E-state index in [1.54, 1.807) is 49.4 Å². The molecule has 0 fully saturated rings. The molecule has 0 saturated heterocycles. The Hall–Kier alpha value is -3.40. The molecular weight excluding hydrogens is 456 g/mol. The van der Waals surface area contributed by atoms with Crippen molar-refractivity contribution in [3.05, 3.63) is 54.1 Å². The third-order valence-electron chi connectivity index (χ3n) is 5.75. The number of benzene rings is 2. The molecule has 2 aromatic rings. The molecule has 1 aliphatic heterocycles. The summed E-state index contributed by atoms with van der Waals surface area (Å²) in [5.41, 5.74) is 0.992. The molecule has 182 valence electrons. The Morgan fingerprint density at radius 1 is 1.15 bits per heavy atom. The summed E-state index contributed by atoms with van der Waals surface area (Å²) in [6, 6.07) is 12.6. The van der Waals surface area contributed by atoms with Crippen molar-refractivity contribution >= 4 is 33.4 Å². The molecule has 0 unspecified atom stereocenters. The van der Waals surface area contributed by atoms with Gasteiger partial charge in [0.2, 0.25) is 11.8 Å². The normalized spacial score (nSPS) is 16.8. The van der Waals surface area contributed by atoms with Gasteiger partial charge in [0.15, 0.2) is 0 Å². The van der Waals surface area contributed by atoms with E-state index in [9.17, 15) is 18.0 Å². The molecular formula is C24H30N4O5S. The minimum atomic E-state index is -3.72. The molecule has 0 spiro atoms. The molecule has 1 heterocycles. The molecule has 3 rings (SSSR count). The van der Waals surface area contributed by atoms with Gasteiger partial charge < -0.3 is 15.0 Å². The third-order valence-corrected chi connectivity index (χ3v) is 7.15. The first-order chi connectivity index (χ1) is 16.2. The summed E-state index contributed by atoms with van der Waals surface area (Å²) in [6.45, 7) is 5.73. The van der Waals surface area contributed by atoms with E-state index in [-0.39, 0.29) is 35.0 Å². The minimum absolute atomic E-state index is 0.133. The van der Waals surface area contributed by atoms with Crippen LogP contribution in [0.5, 0.6) is 5.75 Å². The van der Waals surface area contributed by atoms with E-state index in [0.29, 0.717) is 30.0 Å². The van der Waals surface area contributed by atoms with Crippen LogP contribution in [0, 0.1) is 5.92 Å². The molecule has 2 aromatic carbocycles. The zero-order valence-electron chi connectivity index (χ0n) is 19.7. The van der Waals surface area contributed by atoms with Crippen LogP contribution in [0.1, 0.15) is 32.8 Å². The fourth-order valence-electron chi connectivity index (χ4n) is 3.63. The van der Waals surface area contributed by atoms with Gasteiger partial charge in [-0.1, -0.05) is 38.5 Å². The van der Waals surface area contributed by atoms with E-state index < -0.39 is 16.1 Å². The van der Waals surface area contributed by atoms with Gasteiger partial charge in [-0.15, -0.1) is 0 Å². The first kappa shape index (κ1) is 25.2. The SMILES string of the molecule is CC[C@H](C)[C@H](N=C1NS(=O)(=O)c2ccccc21)C(=O)N(CC)CC(=O)Nc1cccc(OC)c1. The third kappa shape index (κ3) is 5.56. The van der Waals surface area contributed by atoms with E-state index in [2.05, 4.69) is 15.0 Å². The van der Waals surface area contributed by atoms with Gasteiger partial charge in [-0.05, 0) is 37.1 Å². The quantitative estimate of drug-likeness (QED) is 0.565. The first-order valence-electron chi connectivity index (χ1n) is 11.1. The lowest BCUT2D eigenvalue weighted by Crippen LogP contribution is -2.45. The van der Waals surface area contributed by atoms with Gasteiger partial charge >= 0.3 is 0 Å². The highest BCUT2D eigenvalue weighted by Gasteiger charge is 2.34. The largest absolute Gasteiger partial charge is 0.497 e. The number of sulfonamides is 1. The van der Waals surface area contributed by atoms with Crippen molar-refractivity contribution in [2.45, 2.75) is 38.1 Å². The zero-order valence-corrected chi connectivity index (χ0v) is 20.6. The molecule has 0 radical (unpaired) electrons. The molecule has 0 saturated carbocycles. The van der Waals surface area contributed by atoms with E-state index in [4.69, 9.17) is 4.74 Å². The number of methoxy groups -OCH3 is 1. The Balaban J connectivity index is 1.82. The number of hydrogen-bond donors (Lipinski definition) is 2. The average Bonchev–Trinajstić information content (AvgIpc) is 3.10. The highest BCUT2D eigenvalue weighted by atomic mass is 32.2. The molecule has 0 aliphatic carbocycles. The lowest BCUT2D eigenvalue weighted by molar-refractivity contribution is -0.136. The number of nitrogens with zero attached hydrogens (tertiary/aromatic N) is 2. The number of aliphatic imine (C=N–C) groups is 1. The highest BCUT2D eigenvalue weighted by molar-refractivity contribution is 7.90. The average molecular weight is 487 g/mol. The predicted octanol–water partition coefficient (Wildman–Crippen LogP) is 2.64. The summed E-state index contributed by atoms with van der Waals surface area (Å²) in [4.78, 5) is 32.2. The lowest BCUT2D eigenvalue weighted by atomic mass is 9.98. The van der Waals surface area contributed by atoms with Crippen molar-refractivity contribution in [1.82, 2.24) is 9.62 Å². The number of ether oxygens (including phenoxy) is 1. The van der Waals surface area contributed by atoms with E-state index in [1.807, 2.05) is 13.8 Å². The Morgan fingerprint density at radius 3 is 2.56 bits per heavy atom. The molecule has 0 aromatic heterocycles. The Labute approximate surface area is 200 Å². The van der Waals surface area contributed by atoms with Crippen LogP contribution < -0.4 is 14.8 Å². The van der Waals surface area contributed by atoms with Crippen LogP contribution in [0.15, 0.2) is 58.4 Å². The maximum absolute atomic E-state index is 13.5. The van der Waals surface area contributed by atoms with Gasteiger partial charge in [0.25, 0.3) is 10.0 Å². The second kappa shape index (κ2) is 10.7. The van der Waals surface area contributed by atoms with Crippen LogP contribution >= 0.6 is 0 Å². The van der Waals surface area contributed by atoms with Gasteiger partial charge in [0.05, 0.1) is 18.6 Å². The monoisotopic (exact) mass is 486 g/mol. The van der Waals surface area contributed by atoms with E-state index >= 15 is 0 Å². The second-order valence-electron chi connectivity index (χ2n) is 8.04. The van der Waals surface area contributed by atoms with Crippen LogP contribution in [0.3, 0.4) is 0 Å². The van der Waals surface area contributed by atoms with Crippen molar-refractivity contribution in [3.8, 4) is 5.75 Å².